The van der Waals surface area contributed by atoms with Crippen LogP contribution in [0, 0.1) is 0 Å². The average molecular weight is 463 g/mol. The van der Waals surface area contributed by atoms with Crippen molar-refractivity contribution in [3.63, 3.8) is 0 Å². The third-order valence-electron chi connectivity index (χ3n) is 4.15. The van der Waals surface area contributed by atoms with Crippen molar-refractivity contribution in [1.29, 1.82) is 0 Å². The normalized spacial score (nSPS) is 37.3. The van der Waals surface area contributed by atoms with E-state index in [1.165, 1.54) is 18.2 Å². The Morgan fingerprint density at radius 2 is 1.90 bits per heavy atom. The maximum atomic E-state index is 13.5. The van der Waals surface area contributed by atoms with Crippen LogP contribution in [-0.2, 0) is 10.0 Å². The lowest BCUT2D eigenvalue weighted by molar-refractivity contribution is 0.156. The molecule has 0 N–H and O–H groups in total. The maximum Gasteiger partial charge on any atom is 0.242 e. The molecule has 2 aliphatic heterocycles. The summed E-state index contributed by atoms with van der Waals surface area (Å²) in [6, 6.07) is 7.35. The summed E-state index contributed by atoms with van der Waals surface area (Å²) in [4.78, 5) is -0.915. The van der Waals surface area contributed by atoms with E-state index in [0.717, 1.165) is 37.0 Å². The zero-order valence-electron chi connectivity index (χ0n) is 34.5. The van der Waals surface area contributed by atoms with E-state index in [4.69, 9.17) is 26.0 Å². The molecule has 0 bridgehead atoms. The SMILES string of the molecule is [2H]/C(=C1\c2ccccc2Sc2ccc(S(=O)(=O)N(C([2H])([2H])[2H])C([2H])([2H])[2H])cc21)C([2H])([2H])C([2H])([2H])N1C([2H])([2H])C([2H])([2H])N(C)C([2H])([2H])C1([2H])[2H]. The summed E-state index contributed by atoms with van der Waals surface area (Å²) in [6.07, 6.45) is -3.84. The van der Waals surface area contributed by atoms with Gasteiger partial charge in [-0.3, -0.25) is 0 Å². The highest BCUT2D eigenvalue weighted by molar-refractivity contribution is 7.99. The summed E-state index contributed by atoms with van der Waals surface area (Å²) in [7, 11) is -4.64. The van der Waals surface area contributed by atoms with Crippen LogP contribution >= 0.6 is 11.8 Å². The van der Waals surface area contributed by atoms with E-state index in [1.54, 1.807) is 6.07 Å². The van der Waals surface area contributed by atoms with E-state index < -0.39 is 88.6 Å². The van der Waals surface area contributed by atoms with Gasteiger partial charge in [0, 0.05) is 80.9 Å². The Balaban J connectivity index is 2.05. The van der Waals surface area contributed by atoms with Crippen molar-refractivity contribution in [3.05, 3.63) is 59.6 Å². The lowest BCUT2D eigenvalue weighted by Gasteiger charge is -2.32. The van der Waals surface area contributed by atoms with E-state index in [9.17, 15) is 8.42 Å². The molecule has 0 unspecified atom stereocenters. The van der Waals surface area contributed by atoms with Gasteiger partial charge in [-0.05, 0) is 54.4 Å². The summed E-state index contributed by atoms with van der Waals surface area (Å²) in [5, 5.41) is 0. The van der Waals surface area contributed by atoms with Gasteiger partial charge in [0.15, 0.2) is 0 Å². The highest BCUT2D eigenvalue weighted by Crippen LogP contribution is 2.46. The predicted octanol–water partition coefficient (Wildman–Crippen LogP) is 3.47. The Bertz CT molecular complexity index is 1760. The van der Waals surface area contributed by atoms with Gasteiger partial charge in [-0.25, -0.2) is 12.7 Å². The second-order valence-electron chi connectivity index (χ2n) is 6.10. The zero-order valence-corrected chi connectivity index (χ0v) is 17.1. The minimum atomic E-state index is -5.37. The van der Waals surface area contributed by atoms with Crippen molar-refractivity contribution in [2.45, 2.75) is 21.1 Å². The number of likely N-dealkylation sites (N-methyl/N-ethyl adjacent to an activating group) is 1. The molecule has 0 aliphatic carbocycles. The van der Waals surface area contributed by atoms with E-state index >= 15 is 0 Å². The highest BCUT2D eigenvalue weighted by atomic mass is 32.2. The van der Waals surface area contributed by atoms with Crippen molar-refractivity contribution >= 4 is 27.4 Å². The van der Waals surface area contributed by atoms with E-state index in [0.29, 0.717) is 4.90 Å². The first-order chi connectivity index (χ1) is 21.7. The third-order valence-corrected chi connectivity index (χ3v) is 6.63. The summed E-state index contributed by atoms with van der Waals surface area (Å²) >= 11 is 0.988. The number of nitrogens with zero attached hydrogens (tertiary/aromatic N) is 3. The molecule has 0 radical (unpaired) electrons. The molecule has 30 heavy (non-hydrogen) atoms. The van der Waals surface area contributed by atoms with Gasteiger partial charge in [-0.2, -0.15) is 0 Å². The van der Waals surface area contributed by atoms with Crippen molar-refractivity contribution in [2.75, 3.05) is 53.5 Å². The fraction of sp³-hybridized carbons (Fsp3) is 0.391. The van der Waals surface area contributed by atoms with Gasteiger partial charge in [-0.15, -0.1) is 0 Å². The molecule has 2 heterocycles. The summed E-state index contributed by atoms with van der Waals surface area (Å²) < 4.78 is 183. The van der Waals surface area contributed by atoms with Crippen LogP contribution < -0.4 is 0 Å². The Morgan fingerprint density at radius 1 is 1.17 bits per heavy atom. The van der Waals surface area contributed by atoms with Crippen LogP contribution in [-0.4, -0.2) is 76.0 Å². The Morgan fingerprint density at radius 3 is 2.67 bits per heavy atom. The predicted molar refractivity (Wildman–Crippen MR) is 124 cm³/mol. The van der Waals surface area contributed by atoms with Crippen LogP contribution in [0.4, 0.5) is 0 Å². The van der Waals surface area contributed by atoms with Crippen molar-refractivity contribution < 1.29 is 34.5 Å². The summed E-state index contributed by atoms with van der Waals surface area (Å²) in [5.41, 5.74) is -0.816. The molecular weight excluding hydrogens is 414 g/mol. The van der Waals surface area contributed by atoms with E-state index in [1.807, 2.05) is 0 Å². The van der Waals surface area contributed by atoms with Crippen LogP contribution in [0.3, 0.4) is 0 Å². The molecule has 160 valence electrons. The molecule has 1 saturated heterocycles. The molecule has 0 amide bonds. The molecule has 0 aromatic heterocycles. The first-order valence-corrected chi connectivity index (χ1v) is 10.7. The smallest absolute Gasteiger partial charge is 0.242 e. The first kappa shape index (κ1) is 8.37. The fourth-order valence-corrected chi connectivity index (χ4v) is 4.52. The number of rotatable bonds is 5. The quantitative estimate of drug-likeness (QED) is 0.581. The van der Waals surface area contributed by atoms with Gasteiger partial charge in [-0.1, -0.05) is 36.0 Å². The van der Waals surface area contributed by atoms with Crippen LogP contribution in [0.25, 0.3) is 5.57 Å². The average Bonchev–Trinajstić information content (AvgIpc) is 2.91. The molecule has 0 spiro atoms. The number of piperazine rings is 1. The summed E-state index contributed by atoms with van der Waals surface area (Å²) in [5.74, 6) is 0. The summed E-state index contributed by atoms with van der Waals surface area (Å²) in [6.45, 7) is -26.0. The van der Waals surface area contributed by atoms with Gasteiger partial charge < -0.3 is 9.80 Å². The van der Waals surface area contributed by atoms with Gasteiger partial charge in [0.25, 0.3) is 0 Å². The molecule has 1 fully saturated rings. The Kier molecular flexibility index (Phi) is 2.47. The number of hydrogen-bond acceptors (Lipinski definition) is 5. The van der Waals surface area contributed by atoms with E-state index in [-0.39, 0.29) is 20.9 Å². The van der Waals surface area contributed by atoms with Gasteiger partial charge >= 0.3 is 0 Å². The molecule has 0 saturated carbocycles. The number of hydrogen-bond donors (Lipinski definition) is 0. The lowest BCUT2D eigenvalue weighted by Crippen LogP contribution is -2.44. The maximum absolute atomic E-state index is 13.5. The second-order valence-corrected chi connectivity index (χ2v) is 8.97. The fourth-order valence-electron chi connectivity index (χ4n) is 2.73. The van der Waals surface area contributed by atoms with Crippen molar-refractivity contribution in [3.8, 4) is 0 Å². The standard InChI is InChI=1S/C23H29N3O2S2/c1-24(2)30(27,28)18-10-11-23-21(17-18)19(20-7-4-5-9-22(20)29-23)8-6-12-26-15-13-25(3)14-16-26/h4-5,7-11,17H,6,12-16H2,1-3H3/b19-8-/i1D3,2D3,6D2,8D,12D2,13D2,14D2,15D2,16D2. The second kappa shape index (κ2) is 8.85. The number of benzene rings is 2. The molecule has 2 aliphatic rings. The van der Waals surface area contributed by atoms with Crippen LogP contribution in [0.15, 0.2) is 63.2 Å². The van der Waals surface area contributed by atoms with Crippen molar-refractivity contribution in [2.24, 2.45) is 0 Å². The molecule has 4 rings (SSSR count). The molecule has 0 atom stereocenters. The minimum Gasteiger partial charge on any atom is -0.304 e. The Labute approximate surface area is 211 Å². The first-order valence-electron chi connectivity index (χ1n) is 18.0. The van der Waals surface area contributed by atoms with Gasteiger partial charge in [0.2, 0.25) is 10.0 Å². The molecular formula is C23H29N3O2S2. The van der Waals surface area contributed by atoms with E-state index in [2.05, 4.69) is 0 Å². The van der Waals surface area contributed by atoms with Crippen LogP contribution in [0.1, 0.15) is 43.5 Å². The largest absolute Gasteiger partial charge is 0.304 e. The number of fused-ring (bicyclic) bond motifs is 2. The highest BCUT2D eigenvalue weighted by Gasteiger charge is 2.25. The zero-order chi connectivity index (χ0) is 37.9. The van der Waals surface area contributed by atoms with Gasteiger partial charge in [0.05, 0.1) is 6.27 Å². The number of sulfonamides is 1. The molecule has 2 aromatic carbocycles. The Hall–Kier alpha value is -1.64. The molecule has 2 aromatic rings. The third kappa shape index (κ3) is 4.36. The molecule has 5 nitrogen and oxygen atoms in total. The molecule has 7 heteroatoms. The minimum absolute atomic E-state index is 0.0118. The van der Waals surface area contributed by atoms with Gasteiger partial charge in [0.1, 0.15) is 0 Å². The van der Waals surface area contributed by atoms with Crippen LogP contribution in [0.5, 0.6) is 0 Å². The van der Waals surface area contributed by atoms with Crippen molar-refractivity contribution in [1.82, 2.24) is 14.1 Å². The van der Waals surface area contributed by atoms with Crippen LogP contribution in [0.2, 0.25) is 0 Å². The topological polar surface area (TPSA) is 43.9 Å². The lowest BCUT2D eigenvalue weighted by atomic mass is 9.96. The monoisotopic (exact) mass is 462 g/mol.